The van der Waals surface area contributed by atoms with Gasteiger partial charge in [-0.25, -0.2) is 0 Å². The lowest BCUT2D eigenvalue weighted by atomic mass is 10.2. The summed E-state index contributed by atoms with van der Waals surface area (Å²) in [4.78, 5) is 10.3. The van der Waals surface area contributed by atoms with E-state index >= 15 is 0 Å². The summed E-state index contributed by atoms with van der Waals surface area (Å²) < 4.78 is 11.5. The lowest BCUT2D eigenvalue weighted by Gasteiger charge is -2.35. The van der Waals surface area contributed by atoms with Gasteiger partial charge < -0.3 is 14.8 Å². The van der Waals surface area contributed by atoms with Gasteiger partial charge in [0.1, 0.15) is 0 Å². The van der Waals surface area contributed by atoms with Crippen LogP contribution < -0.4 is 5.32 Å². The van der Waals surface area contributed by atoms with Crippen LogP contribution in [0, 0.1) is 10.1 Å². The van der Waals surface area contributed by atoms with E-state index < -0.39 is 10.7 Å². The second-order valence-electron chi connectivity index (χ2n) is 4.79. The first-order chi connectivity index (χ1) is 8.87. The monoisotopic (exact) mass is 330 g/mol. The van der Waals surface area contributed by atoms with Gasteiger partial charge in [-0.1, -0.05) is 0 Å². The molecule has 1 saturated heterocycles. The molecular weight excluding hydrogens is 316 g/mol. The molecule has 1 aliphatic heterocycles. The molecule has 104 valence electrons. The number of nitro benzene ring substituents is 1. The summed E-state index contributed by atoms with van der Waals surface area (Å²) in [6, 6.07) is 4.84. The summed E-state index contributed by atoms with van der Waals surface area (Å²) in [5.41, 5.74) is 0.831. The molecule has 1 N–H and O–H groups in total. The van der Waals surface area contributed by atoms with Crippen LogP contribution in [0.3, 0.4) is 0 Å². The highest BCUT2D eigenvalue weighted by Crippen LogP contribution is 2.28. The molecule has 0 aromatic heterocycles. The zero-order valence-electron chi connectivity index (χ0n) is 10.7. The third-order valence-electron chi connectivity index (χ3n) is 2.78. The minimum Gasteiger partial charge on any atom is -0.378 e. The number of ether oxygens (including phenoxy) is 2. The molecule has 0 unspecified atom stereocenters. The third kappa shape index (κ3) is 3.65. The molecule has 7 heteroatoms. The van der Waals surface area contributed by atoms with Crippen molar-refractivity contribution in [3.63, 3.8) is 0 Å². The Morgan fingerprint density at radius 3 is 2.58 bits per heavy atom. The molecule has 6 nitrogen and oxygen atoms in total. The zero-order valence-corrected chi connectivity index (χ0v) is 12.3. The molecule has 1 aromatic rings. The Bertz CT molecular complexity index is 483. The number of nitro groups is 1. The second-order valence-corrected chi connectivity index (χ2v) is 5.64. The Morgan fingerprint density at radius 1 is 1.42 bits per heavy atom. The van der Waals surface area contributed by atoms with Gasteiger partial charge in [-0.3, -0.25) is 10.1 Å². The fraction of sp³-hybridized carbons (Fsp3) is 0.500. The van der Waals surface area contributed by atoms with Gasteiger partial charge in [0, 0.05) is 11.8 Å². The van der Waals surface area contributed by atoms with Crippen molar-refractivity contribution in [2.75, 3.05) is 18.5 Å². The van der Waals surface area contributed by atoms with E-state index in [1.54, 1.807) is 12.1 Å². The number of nitrogens with one attached hydrogen (secondary N) is 1. The van der Waals surface area contributed by atoms with E-state index in [2.05, 4.69) is 21.2 Å². The molecule has 1 aliphatic rings. The van der Waals surface area contributed by atoms with Gasteiger partial charge in [-0.2, -0.15) is 0 Å². The maximum atomic E-state index is 10.7. The van der Waals surface area contributed by atoms with E-state index in [1.165, 1.54) is 6.07 Å². The maximum Gasteiger partial charge on any atom is 0.283 e. The molecular formula is C12H15BrN2O4. The van der Waals surface area contributed by atoms with Gasteiger partial charge in [0.05, 0.1) is 28.7 Å². The van der Waals surface area contributed by atoms with Crippen LogP contribution in [-0.2, 0) is 9.47 Å². The molecule has 1 aromatic carbocycles. The van der Waals surface area contributed by atoms with Gasteiger partial charge in [0.2, 0.25) is 0 Å². The fourth-order valence-electron chi connectivity index (χ4n) is 1.76. The van der Waals surface area contributed by atoms with E-state index in [4.69, 9.17) is 9.47 Å². The fourth-order valence-corrected chi connectivity index (χ4v) is 2.28. The van der Waals surface area contributed by atoms with Crippen LogP contribution in [0.4, 0.5) is 11.4 Å². The summed E-state index contributed by atoms with van der Waals surface area (Å²) in [5, 5.41) is 13.9. The van der Waals surface area contributed by atoms with E-state index in [0.29, 0.717) is 17.7 Å². The topological polar surface area (TPSA) is 73.6 Å². The molecule has 2 rings (SSSR count). The average Bonchev–Trinajstić information content (AvgIpc) is 2.31. The number of hydrogen-bond acceptors (Lipinski definition) is 5. The minimum absolute atomic E-state index is 0.0291. The van der Waals surface area contributed by atoms with Crippen molar-refractivity contribution in [2.45, 2.75) is 25.7 Å². The van der Waals surface area contributed by atoms with Crippen molar-refractivity contribution in [1.82, 2.24) is 0 Å². The summed E-state index contributed by atoms with van der Waals surface area (Å²) in [6.45, 7) is 4.79. The quantitative estimate of drug-likeness (QED) is 0.681. The van der Waals surface area contributed by atoms with E-state index in [-0.39, 0.29) is 11.7 Å². The van der Waals surface area contributed by atoms with Gasteiger partial charge >= 0.3 is 0 Å². The highest BCUT2D eigenvalue weighted by Gasteiger charge is 2.28. The Morgan fingerprint density at radius 2 is 2.05 bits per heavy atom. The Hall–Kier alpha value is -1.18. The van der Waals surface area contributed by atoms with Crippen molar-refractivity contribution in [3.8, 4) is 0 Å². The predicted octanol–water partition coefficient (Wildman–Crippen LogP) is 2.92. The molecule has 1 heterocycles. The smallest absolute Gasteiger partial charge is 0.283 e. The molecule has 0 spiro atoms. The molecule has 0 amide bonds. The first-order valence-corrected chi connectivity index (χ1v) is 6.65. The summed E-state index contributed by atoms with van der Waals surface area (Å²) in [6.07, 6.45) is 0. The van der Waals surface area contributed by atoms with Crippen molar-refractivity contribution < 1.29 is 14.4 Å². The molecule has 0 atom stereocenters. The summed E-state index contributed by atoms with van der Waals surface area (Å²) in [5.74, 6) is -0.547. The van der Waals surface area contributed by atoms with Crippen LogP contribution in [0.15, 0.2) is 22.7 Å². The average molecular weight is 331 g/mol. The minimum atomic E-state index is -0.547. The van der Waals surface area contributed by atoms with Gasteiger partial charge in [-0.15, -0.1) is 0 Å². The predicted molar refractivity (Wildman–Crippen MR) is 74.2 cm³/mol. The highest BCUT2D eigenvalue weighted by molar-refractivity contribution is 9.10. The number of halogens is 1. The van der Waals surface area contributed by atoms with E-state index in [0.717, 1.165) is 5.69 Å². The van der Waals surface area contributed by atoms with Gasteiger partial charge in [0.15, 0.2) is 5.79 Å². The number of benzene rings is 1. The first kappa shape index (κ1) is 14.2. The Kier molecular flexibility index (Phi) is 4.07. The van der Waals surface area contributed by atoms with Crippen LogP contribution in [0.2, 0.25) is 0 Å². The molecule has 0 saturated carbocycles. The standard InChI is InChI=1S/C12H15BrN2O4/c1-12(2)18-6-9(7-19-12)14-8-3-4-11(15(16)17)10(13)5-8/h3-5,9,14H,6-7H2,1-2H3. The molecule has 0 aliphatic carbocycles. The number of hydrogen-bond donors (Lipinski definition) is 1. The van der Waals surface area contributed by atoms with Crippen LogP contribution in [-0.4, -0.2) is 30.0 Å². The van der Waals surface area contributed by atoms with Crippen LogP contribution in [0.25, 0.3) is 0 Å². The van der Waals surface area contributed by atoms with E-state index in [9.17, 15) is 10.1 Å². The normalized spacial score (nSPS) is 19.1. The maximum absolute atomic E-state index is 10.7. The Balaban J connectivity index is 2.01. The van der Waals surface area contributed by atoms with Gasteiger partial charge in [-0.05, 0) is 41.9 Å². The lowest BCUT2D eigenvalue weighted by molar-refractivity contribution is -0.385. The van der Waals surface area contributed by atoms with Gasteiger partial charge in [0.25, 0.3) is 5.69 Å². The second kappa shape index (κ2) is 5.44. The first-order valence-electron chi connectivity index (χ1n) is 5.86. The summed E-state index contributed by atoms with van der Waals surface area (Å²) >= 11 is 3.19. The lowest BCUT2D eigenvalue weighted by Crippen LogP contribution is -2.45. The van der Waals surface area contributed by atoms with Crippen LogP contribution in [0.5, 0.6) is 0 Å². The molecule has 1 fully saturated rings. The largest absolute Gasteiger partial charge is 0.378 e. The summed E-state index contributed by atoms with van der Waals surface area (Å²) in [7, 11) is 0. The number of nitrogens with zero attached hydrogens (tertiary/aromatic N) is 1. The van der Waals surface area contributed by atoms with Crippen molar-refractivity contribution in [3.05, 3.63) is 32.8 Å². The Labute approximate surface area is 119 Å². The third-order valence-corrected chi connectivity index (χ3v) is 3.41. The highest BCUT2D eigenvalue weighted by atomic mass is 79.9. The van der Waals surface area contributed by atoms with Crippen molar-refractivity contribution in [1.29, 1.82) is 0 Å². The molecule has 19 heavy (non-hydrogen) atoms. The SMILES string of the molecule is CC1(C)OCC(Nc2ccc([N+](=O)[O-])c(Br)c2)CO1. The molecule has 0 bridgehead atoms. The molecule has 0 radical (unpaired) electrons. The zero-order chi connectivity index (χ0) is 14.0. The van der Waals surface area contributed by atoms with Crippen LogP contribution in [0.1, 0.15) is 13.8 Å². The van der Waals surface area contributed by atoms with Crippen molar-refractivity contribution in [2.24, 2.45) is 0 Å². The van der Waals surface area contributed by atoms with Crippen LogP contribution >= 0.6 is 15.9 Å². The number of anilines is 1. The van der Waals surface area contributed by atoms with Crippen molar-refractivity contribution >= 4 is 27.3 Å². The van der Waals surface area contributed by atoms with E-state index in [1.807, 2.05) is 13.8 Å². The number of rotatable bonds is 3.